The molecule has 0 aliphatic carbocycles. The van der Waals surface area contributed by atoms with E-state index in [-0.39, 0.29) is 12.1 Å². The molecule has 0 aliphatic heterocycles. The molecule has 0 radical (unpaired) electrons. The number of carbonyl (C=O) groups excluding carboxylic acids is 3. The molecule has 0 atom stereocenters. The molecule has 0 saturated carbocycles. The van der Waals surface area contributed by atoms with Crippen LogP contribution >= 0.6 is 0 Å². The molecule has 0 aromatic carbocycles. The number of hydrogen-bond donors (Lipinski definition) is 0. The predicted octanol–water partition coefficient (Wildman–Crippen LogP) is 0.542. The van der Waals surface area contributed by atoms with E-state index in [9.17, 15) is 4.79 Å². The van der Waals surface area contributed by atoms with E-state index in [1.54, 1.807) is 6.08 Å². The Morgan fingerprint density at radius 2 is 2.00 bits per heavy atom. The molecule has 0 fully saturated rings. The van der Waals surface area contributed by atoms with Crippen LogP contribution in [0.5, 0.6) is 0 Å². The van der Waals surface area contributed by atoms with Crippen molar-refractivity contribution in [3.05, 3.63) is 12.2 Å². The van der Waals surface area contributed by atoms with Gasteiger partial charge in [-0.25, -0.2) is 4.79 Å². The molecule has 0 heterocycles. The smallest absolute Gasteiger partial charge is 0.373 e. The van der Waals surface area contributed by atoms with E-state index >= 15 is 0 Å². The van der Waals surface area contributed by atoms with Crippen molar-refractivity contribution < 1.29 is 19.1 Å². The molecular formula is C7H10O4. The van der Waals surface area contributed by atoms with Gasteiger partial charge in [0.15, 0.2) is 0 Å². The first kappa shape index (κ1) is 12.3. The van der Waals surface area contributed by atoms with E-state index < -0.39 is 0 Å². The van der Waals surface area contributed by atoms with E-state index in [0.29, 0.717) is 0 Å². The van der Waals surface area contributed by atoms with Crippen LogP contribution in [0.1, 0.15) is 13.3 Å². The molecule has 11 heavy (non-hydrogen) atoms. The molecule has 0 saturated heterocycles. The first-order chi connectivity index (χ1) is 5.22. The predicted molar refractivity (Wildman–Crippen MR) is 36.5 cm³/mol. The summed E-state index contributed by atoms with van der Waals surface area (Å²) in [4.78, 5) is 26.5. The lowest BCUT2D eigenvalue weighted by molar-refractivity contribution is -0.191. The third-order valence-corrected chi connectivity index (χ3v) is 0.691. The van der Waals surface area contributed by atoms with Crippen LogP contribution in [0.15, 0.2) is 12.2 Å². The minimum Gasteiger partial charge on any atom is -0.466 e. The summed E-state index contributed by atoms with van der Waals surface area (Å²) in [5.41, 5.74) is 0. The van der Waals surface area contributed by atoms with Crippen molar-refractivity contribution in [2.75, 3.05) is 7.11 Å². The third kappa shape index (κ3) is 17.7. The highest BCUT2D eigenvalue weighted by molar-refractivity contribution is 5.81. The number of esters is 1. The normalized spacial score (nSPS) is 7.82. The quantitative estimate of drug-likeness (QED) is 0.434. The van der Waals surface area contributed by atoms with E-state index in [0.717, 1.165) is 6.42 Å². The number of rotatable bonds is 2. The molecule has 0 aromatic rings. The van der Waals surface area contributed by atoms with Gasteiger partial charge in [-0.3, -0.25) is 0 Å². The summed E-state index contributed by atoms with van der Waals surface area (Å²) in [7, 11) is 1.36. The molecular weight excluding hydrogens is 148 g/mol. The highest BCUT2D eigenvalue weighted by Crippen LogP contribution is 1.80. The van der Waals surface area contributed by atoms with E-state index in [1.807, 2.05) is 6.92 Å². The number of allylic oxidation sites excluding steroid dienone is 1. The highest BCUT2D eigenvalue weighted by atomic mass is 16.5. The summed E-state index contributed by atoms with van der Waals surface area (Å²) in [5.74, 6) is -0.285. The van der Waals surface area contributed by atoms with Crippen LogP contribution in [-0.2, 0) is 19.1 Å². The van der Waals surface area contributed by atoms with Crippen molar-refractivity contribution in [2.45, 2.75) is 13.3 Å². The second kappa shape index (κ2) is 11.4. The molecule has 0 spiro atoms. The van der Waals surface area contributed by atoms with Gasteiger partial charge in [0, 0.05) is 6.08 Å². The number of hydrogen-bond acceptors (Lipinski definition) is 4. The first-order valence-electron chi connectivity index (χ1n) is 2.96. The van der Waals surface area contributed by atoms with E-state index in [4.69, 9.17) is 9.59 Å². The van der Waals surface area contributed by atoms with Gasteiger partial charge < -0.3 is 4.74 Å². The lowest BCUT2D eigenvalue weighted by Gasteiger charge is -1.86. The molecule has 0 rings (SSSR count). The Kier molecular flexibility index (Phi) is 12.7. The third-order valence-electron chi connectivity index (χ3n) is 0.691. The Morgan fingerprint density at radius 3 is 2.27 bits per heavy atom. The SMILES string of the molecule is CC/C=C/C(=O)OC.O=C=O. The molecule has 4 heteroatoms. The van der Waals surface area contributed by atoms with E-state index in [1.165, 1.54) is 13.2 Å². The fourth-order valence-electron chi connectivity index (χ4n) is 0.282. The standard InChI is InChI=1S/C6H10O2.CO2/c1-3-4-5-6(7)8-2;2-1-3/h4-5H,3H2,1-2H3;/b5-4+;. The zero-order chi connectivity index (χ0) is 9.11. The Morgan fingerprint density at radius 1 is 1.55 bits per heavy atom. The Balaban J connectivity index is 0. The maximum atomic E-state index is 10.3. The molecule has 62 valence electrons. The summed E-state index contributed by atoms with van der Waals surface area (Å²) >= 11 is 0. The van der Waals surface area contributed by atoms with Crippen LogP contribution in [0.3, 0.4) is 0 Å². The van der Waals surface area contributed by atoms with Gasteiger partial charge in [0.1, 0.15) is 0 Å². The average Bonchev–Trinajstić information content (AvgIpc) is 2.02. The molecule has 0 aromatic heterocycles. The summed E-state index contributed by atoms with van der Waals surface area (Å²) in [6.07, 6.45) is 4.29. The summed E-state index contributed by atoms with van der Waals surface area (Å²) in [6, 6.07) is 0. The highest BCUT2D eigenvalue weighted by Gasteiger charge is 1.85. The van der Waals surface area contributed by atoms with Gasteiger partial charge in [-0.1, -0.05) is 13.0 Å². The number of ether oxygens (including phenoxy) is 1. The van der Waals surface area contributed by atoms with Crippen LogP contribution in [-0.4, -0.2) is 19.2 Å². The summed E-state index contributed by atoms with van der Waals surface area (Å²) < 4.78 is 4.33. The minimum absolute atomic E-state index is 0.250. The lowest BCUT2D eigenvalue weighted by atomic mass is 10.4. The molecule has 0 aliphatic rings. The van der Waals surface area contributed by atoms with Crippen molar-refractivity contribution >= 4 is 12.1 Å². The van der Waals surface area contributed by atoms with Crippen LogP contribution in [0.2, 0.25) is 0 Å². The van der Waals surface area contributed by atoms with Gasteiger partial charge in [-0.05, 0) is 6.42 Å². The van der Waals surface area contributed by atoms with Crippen molar-refractivity contribution in [3.8, 4) is 0 Å². The lowest BCUT2D eigenvalue weighted by Crippen LogP contribution is -1.92. The average molecular weight is 158 g/mol. The minimum atomic E-state index is -0.285. The van der Waals surface area contributed by atoms with Crippen molar-refractivity contribution in [3.63, 3.8) is 0 Å². The van der Waals surface area contributed by atoms with Gasteiger partial charge in [0.05, 0.1) is 7.11 Å². The first-order valence-corrected chi connectivity index (χ1v) is 2.96. The monoisotopic (exact) mass is 158 g/mol. The molecule has 4 nitrogen and oxygen atoms in total. The van der Waals surface area contributed by atoms with Crippen LogP contribution in [0.4, 0.5) is 0 Å². The Labute approximate surface area is 64.8 Å². The Hall–Kier alpha value is -1.41. The fraction of sp³-hybridized carbons (Fsp3) is 0.429. The maximum Gasteiger partial charge on any atom is 0.373 e. The van der Waals surface area contributed by atoms with Gasteiger partial charge in [-0.2, -0.15) is 9.59 Å². The summed E-state index contributed by atoms with van der Waals surface area (Å²) in [5, 5.41) is 0. The van der Waals surface area contributed by atoms with Crippen LogP contribution in [0.25, 0.3) is 0 Å². The molecule has 0 amide bonds. The molecule has 0 unspecified atom stereocenters. The van der Waals surface area contributed by atoms with Gasteiger partial charge in [0.25, 0.3) is 0 Å². The summed E-state index contributed by atoms with van der Waals surface area (Å²) in [6.45, 7) is 1.96. The molecule has 0 N–H and O–H groups in total. The topological polar surface area (TPSA) is 60.4 Å². The van der Waals surface area contributed by atoms with Crippen LogP contribution in [0, 0.1) is 0 Å². The number of methoxy groups -OCH3 is 1. The largest absolute Gasteiger partial charge is 0.466 e. The van der Waals surface area contributed by atoms with Gasteiger partial charge >= 0.3 is 12.1 Å². The van der Waals surface area contributed by atoms with Crippen molar-refractivity contribution in [2.24, 2.45) is 0 Å². The fourth-order valence-corrected chi connectivity index (χ4v) is 0.282. The zero-order valence-corrected chi connectivity index (χ0v) is 6.49. The number of carbonyl (C=O) groups is 1. The van der Waals surface area contributed by atoms with Gasteiger partial charge in [0.2, 0.25) is 0 Å². The second-order valence-electron chi connectivity index (χ2n) is 1.42. The maximum absolute atomic E-state index is 10.3. The van der Waals surface area contributed by atoms with Gasteiger partial charge in [-0.15, -0.1) is 0 Å². The zero-order valence-electron chi connectivity index (χ0n) is 6.49. The van der Waals surface area contributed by atoms with Crippen molar-refractivity contribution in [1.82, 2.24) is 0 Å². The van der Waals surface area contributed by atoms with Crippen molar-refractivity contribution in [1.29, 1.82) is 0 Å². The van der Waals surface area contributed by atoms with Crippen LogP contribution < -0.4 is 0 Å². The second-order valence-corrected chi connectivity index (χ2v) is 1.42. The molecule has 0 bridgehead atoms. The Bertz CT molecular complexity index is 154. The van der Waals surface area contributed by atoms with E-state index in [2.05, 4.69) is 4.74 Å².